The SMILES string of the molecule is O=C(N/N=C\c1ccc(OCC(=O)N2CCOCC2)c(Br)c1)c1cccc(I)c1. The number of hydrogen-bond acceptors (Lipinski definition) is 5. The number of carbonyl (C=O) groups excluding carboxylic acids is 2. The first-order chi connectivity index (χ1) is 14.0. The fourth-order valence-corrected chi connectivity index (χ4v) is 3.67. The van der Waals surface area contributed by atoms with Gasteiger partial charge in [-0.1, -0.05) is 6.07 Å². The van der Waals surface area contributed by atoms with Crippen LogP contribution in [0, 0.1) is 3.57 Å². The molecule has 0 bridgehead atoms. The molecule has 9 heteroatoms. The topological polar surface area (TPSA) is 80.2 Å². The lowest BCUT2D eigenvalue weighted by Gasteiger charge is -2.26. The molecule has 0 unspecified atom stereocenters. The number of hydrogen-bond donors (Lipinski definition) is 1. The number of morpholine rings is 1. The Bertz CT molecular complexity index is 916. The third-order valence-electron chi connectivity index (χ3n) is 4.14. The molecular weight excluding hydrogens is 553 g/mol. The Hall–Kier alpha value is -1.98. The number of nitrogens with one attached hydrogen (secondary N) is 1. The predicted molar refractivity (Wildman–Crippen MR) is 121 cm³/mol. The van der Waals surface area contributed by atoms with Crippen molar-refractivity contribution in [2.75, 3.05) is 32.9 Å². The maximum Gasteiger partial charge on any atom is 0.271 e. The number of ether oxygens (including phenoxy) is 2. The van der Waals surface area contributed by atoms with Crippen LogP contribution in [-0.4, -0.2) is 55.8 Å². The van der Waals surface area contributed by atoms with E-state index in [9.17, 15) is 9.59 Å². The van der Waals surface area contributed by atoms with Gasteiger partial charge in [0, 0.05) is 22.2 Å². The minimum Gasteiger partial charge on any atom is -0.483 e. The molecule has 1 aliphatic rings. The Labute approximate surface area is 190 Å². The van der Waals surface area contributed by atoms with Crippen LogP contribution in [-0.2, 0) is 9.53 Å². The van der Waals surface area contributed by atoms with Crippen molar-refractivity contribution in [1.82, 2.24) is 10.3 Å². The van der Waals surface area contributed by atoms with Crippen molar-refractivity contribution in [3.63, 3.8) is 0 Å². The summed E-state index contributed by atoms with van der Waals surface area (Å²) < 4.78 is 12.5. The van der Waals surface area contributed by atoms with Gasteiger partial charge in [-0.15, -0.1) is 0 Å². The first-order valence-corrected chi connectivity index (χ1v) is 10.8. The van der Waals surface area contributed by atoms with Gasteiger partial charge in [0.2, 0.25) is 0 Å². The Morgan fingerprint density at radius 1 is 1.24 bits per heavy atom. The number of benzene rings is 2. The number of rotatable bonds is 6. The normalized spacial score (nSPS) is 14.1. The smallest absolute Gasteiger partial charge is 0.271 e. The van der Waals surface area contributed by atoms with Gasteiger partial charge in [-0.05, 0) is 80.5 Å². The van der Waals surface area contributed by atoms with Crippen molar-refractivity contribution in [2.24, 2.45) is 5.10 Å². The molecule has 1 N–H and O–H groups in total. The Morgan fingerprint density at radius 2 is 2.03 bits per heavy atom. The predicted octanol–water partition coefficient (Wildman–Crippen LogP) is 3.06. The van der Waals surface area contributed by atoms with E-state index in [0.717, 1.165) is 9.13 Å². The highest BCUT2D eigenvalue weighted by atomic mass is 127. The zero-order chi connectivity index (χ0) is 20.6. The van der Waals surface area contributed by atoms with Gasteiger partial charge in [0.25, 0.3) is 11.8 Å². The van der Waals surface area contributed by atoms with Crippen molar-refractivity contribution >= 4 is 56.5 Å². The number of carbonyl (C=O) groups is 2. The first-order valence-electron chi connectivity index (χ1n) is 8.90. The van der Waals surface area contributed by atoms with E-state index in [1.807, 2.05) is 12.1 Å². The van der Waals surface area contributed by atoms with Gasteiger partial charge < -0.3 is 14.4 Å². The number of hydrazone groups is 1. The van der Waals surface area contributed by atoms with E-state index in [2.05, 4.69) is 49.0 Å². The van der Waals surface area contributed by atoms with Gasteiger partial charge >= 0.3 is 0 Å². The molecule has 152 valence electrons. The van der Waals surface area contributed by atoms with Crippen LogP contribution in [0.2, 0.25) is 0 Å². The summed E-state index contributed by atoms with van der Waals surface area (Å²) in [6, 6.07) is 12.6. The lowest BCUT2D eigenvalue weighted by molar-refractivity contribution is -0.137. The monoisotopic (exact) mass is 571 g/mol. The number of halogens is 2. The van der Waals surface area contributed by atoms with E-state index in [4.69, 9.17) is 9.47 Å². The molecule has 3 rings (SSSR count). The number of amides is 2. The molecule has 1 saturated heterocycles. The quantitative estimate of drug-likeness (QED) is 0.328. The molecule has 1 aliphatic heterocycles. The van der Waals surface area contributed by atoms with Crippen molar-refractivity contribution in [1.29, 1.82) is 0 Å². The van der Waals surface area contributed by atoms with E-state index >= 15 is 0 Å². The second-order valence-electron chi connectivity index (χ2n) is 6.18. The maximum absolute atomic E-state index is 12.2. The Morgan fingerprint density at radius 3 is 2.76 bits per heavy atom. The molecule has 0 atom stereocenters. The molecule has 29 heavy (non-hydrogen) atoms. The molecule has 7 nitrogen and oxygen atoms in total. The second-order valence-corrected chi connectivity index (χ2v) is 8.28. The van der Waals surface area contributed by atoms with Crippen LogP contribution in [0.3, 0.4) is 0 Å². The zero-order valence-electron chi connectivity index (χ0n) is 15.4. The highest BCUT2D eigenvalue weighted by Gasteiger charge is 2.17. The van der Waals surface area contributed by atoms with Crippen LogP contribution in [0.25, 0.3) is 0 Å². The minimum atomic E-state index is -0.277. The highest BCUT2D eigenvalue weighted by Crippen LogP contribution is 2.25. The zero-order valence-corrected chi connectivity index (χ0v) is 19.2. The molecule has 1 fully saturated rings. The summed E-state index contributed by atoms with van der Waals surface area (Å²) in [5.74, 6) is 0.219. The van der Waals surface area contributed by atoms with E-state index in [1.54, 1.807) is 41.4 Å². The fourth-order valence-electron chi connectivity index (χ4n) is 2.62. The molecule has 2 aromatic rings. The fraction of sp³-hybridized carbons (Fsp3) is 0.250. The average molecular weight is 572 g/mol. The van der Waals surface area contributed by atoms with Crippen molar-refractivity contribution < 1.29 is 19.1 Å². The van der Waals surface area contributed by atoms with E-state index in [0.29, 0.717) is 42.1 Å². The van der Waals surface area contributed by atoms with Crippen LogP contribution in [0.4, 0.5) is 0 Å². The van der Waals surface area contributed by atoms with Gasteiger partial charge in [0.1, 0.15) is 5.75 Å². The van der Waals surface area contributed by atoms with Crippen molar-refractivity contribution in [3.05, 3.63) is 61.6 Å². The Balaban J connectivity index is 1.52. The van der Waals surface area contributed by atoms with Gasteiger partial charge in [-0.25, -0.2) is 5.43 Å². The minimum absolute atomic E-state index is 0.0298. The lowest BCUT2D eigenvalue weighted by atomic mass is 10.2. The molecule has 0 aliphatic carbocycles. The van der Waals surface area contributed by atoms with Crippen LogP contribution in [0.15, 0.2) is 52.0 Å². The molecule has 0 spiro atoms. The summed E-state index contributed by atoms with van der Waals surface area (Å²) in [7, 11) is 0. The van der Waals surface area contributed by atoms with Crippen LogP contribution >= 0.6 is 38.5 Å². The number of nitrogens with zero attached hydrogens (tertiary/aromatic N) is 2. The van der Waals surface area contributed by atoms with Crippen LogP contribution in [0.5, 0.6) is 5.75 Å². The third kappa shape index (κ3) is 6.51. The molecule has 0 aromatic heterocycles. The van der Waals surface area contributed by atoms with Gasteiger partial charge in [-0.2, -0.15) is 5.10 Å². The molecule has 0 saturated carbocycles. The molecule has 2 amide bonds. The summed E-state index contributed by atoms with van der Waals surface area (Å²) in [4.78, 5) is 26.0. The van der Waals surface area contributed by atoms with E-state index in [-0.39, 0.29) is 18.4 Å². The van der Waals surface area contributed by atoms with Gasteiger partial charge in [0.15, 0.2) is 6.61 Å². The summed E-state index contributed by atoms with van der Waals surface area (Å²) in [5, 5.41) is 3.99. The first kappa shape index (κ1) is 21.7. The third-order valence-corrected chi connectivity index (χ3v) is 5.43. The van der Waals surface area contributed by atoms with Gasteiger partial charge in [-0.3, -0.25) is 9.59 Å². The molecule has 2 aromatic carbocycles. The summed E-state index contributed by atoms with van der Waals surface area (Å²) >= 11 is 5.59. The summed E-state index contributed by atoms with van der Waals surface area (Å²) in [6.45, 7) is 2.27. The lowest BCUT2D eigenvalue weighted by Crippen LogP contribution is -2.43. The standard InChI is InChI=1S/C20H19BrIN3O4/c21-17-10-14(12-23-24-20(27)15-2-1-3-16(22)11-15)4-5-18(17)29-13-19(26)25-6-8-28-9-7-25/h1-5,10-12H,6-9,13H2,(H,24,27)/b23-12-. The molecule has 1 heterocycles. The largest absolute Gasteiger partial charge is 0.483 e. The maximum atomic E-state index is 12.2. The Kier molecular flexibility index (Phi) is 8.01. The summed E-state index contributed by atoms with van der Waals surface area (Å²) in [5.41, 5.74) is 3.82. The highest BCUT2D eigenvalue weighted by molar-refractivity contribution is 14.1. The average Bonchev–Trinajstić information content (AvgIpc) is 2.73. The van der Waals surface area contributed by atoms with E-state index in [1.165, 1.54) is 0 Å². The second kappa shape index (κ2) is 10.7. The van der Waals surface area contributed by atoms with Crippen LogP contribution < -0.4 is 10.2 Å². The van der Waals surface area contributed by atoms with Crippen molar-refractivity contribution in [3.8, 4) is 5.75 Å². The van der Waals surface area contributed by atoms with Gasteiger partial charge in [0.05, 0.1) is 23.9 Å². The summed E-state index contributed by atoms with van der Waals surface area (Å²) in [6.07, 6.45) is 1.54. The molecular formula is C20H19BrIN3O4. The molecule has 0 radical (unpaired) electrons. The van der Waals surface area contributed by atoms with Crippen molar-refractivity contribution in [2.45, 2.75) is 0 Å². The van der Waals surface area contributed by atoms with E-state index < -0.39 is 0 Å². The van der Waals surface area contributed by atoms with Crippen LogP contribution in [0.1, 0.15) is 15.9 Å².